The quantitative estimate of drug-likeness (QED) is 0.0969. The standard InChI is InChI=1S/C18H23FN4Si.C15H15FN4.S2.H2S/c1-5-10-20-17-14(9-11-24(2,3)4)13-21-18(23-17)22-16-8-6-7-15(19)12-16;1-3-8-17-14-11(4-2)10-18-15(20-14)19-13-7-5-6-12(16)9-13;1-2;/h6-8,12-13H,5,10H2,1-4H3,(H2,20,21,22,23);2,5-7,9-10H,3,8H2,1H3,(H2,17,18,19,20);;1H2. The molecule has 4 aromatic rings. The smallest absolute Gasteiger partial charge is 0.229 e. The van der Waals surface area contributed by atoms with Gasteiger partial charge in [-0.25, -0.2) is 18.7 Å². The number of hydrogen-bond donors (Lipinski definition) is 4. The van der Waals surface area contributed by atoms with Crippen LogP contribution in [0.2, 0.25) is 19.6 Å². The van der Waals surface area contributed by atoms with Crippen LogP contribution in [0.3, 0.4) is 0 Å². The van der Waals surface area contributed by atoms with E-state index < -0.39 is 8.07 Å². The second kappa shape index (κ2) is 21.6. The normalized spacial score (nSPS) is 9.74. The Hall–Kier alpha value is -4.21. The van der Waals surface area contributed by atoms with Crippen molar-refractivity contribution in [3.05, 3.63) is 83.7 Å². The Labute approximate surface area is 294 Å². The fraction of sp³-hybridized carbons (Fsp3) is 0.273. The van der Waals surface area contributed by atoms with Gasteiger partial charge >= 0.3 is 0 Å². The lowest BCUT2D eigenvalue weighted by atomic mass is 10.3. The van der Waals surface area contributed by atoms with Crippen molar-refractivity contribution in [1.82, 2.24) is 19.9 Å². The van der Waals surface area contributed by atoms with E-state index in [9.17, 15) is 8.78 Å². The first-order valence-electron chi connectivity index (χ1n) is 14.5. The van der Waals surface area contributed by atoms with Crippen molar-refractivity contribution < 1.29 is 8.78 Å². The van der Waals surface area contributed by atoms with Crippen LogP contribution in [0.25, 0.3) is 0 Å². The molecular weight excluding hydrogens is 671 g/mol. The molecular formula is C33H40F2N8S3Si. The first kappa shape index (κ1) is 40.8. The molecule has 0 spiro atoms. The molecule has 0 aliphatic heterocycles. The summed E-state index contributed by atoms with van der Waals surface area (Å²) in [5.41, 5.74) is 5.91. The molecule has 2 aromatic heterocycles. The largest absolute Gasteiger partial charge is 0.369 e. The second-order valence-electron chi connectivity index (χ2n) is 10.7. The first-order chi connectivity index (χ1) is 22.1. The molecule has 0 aliphatic rings. The lowest BCUT2D eigenvalue weighted by Gasteiger charge is -2.10. The molecule has 0 amide bonds. The number of halogens is 2. The van der Waals surface area contributed by atoms with E-state index in [1.54, 1.807) is 36.7 Å². The highest BCUT2D eigenvalue weighted by atomic mass is 32.8. The van der Waals surface area contributed by atoms with Gasteiger partial charge in [-0.2, -0.15) is 23.5 Å². The molecule has 0 unspecified atom stereocenters. The lowest BCUT2D eigenvalue weighted by molar-refractivity contribution is 0.628. The average Bonchev–Trinajstić information content (AvgIpc) is 3.03. The first-order valence-corrected chi connectivity index (χ1v) is 19.4. The Morgan fingerprint density at radius 1 is 0.766 bits per heavy atom. The molecule has 0 atom stereocenters. The van der Waals surface area contributed by atoms with Crippen molar-refractivity contribution in [2.45, 2.75) is 46.3 Å². The van der Waals surface area contributed by atoms with E-state index in [2.05, 4.69) is 114 Å². The molecule has 14 heteroatoms. The summed E-state index contributed by atoms with van der Waals surface area (Å²) in [5, 5.41) is 12.4. The van der Waals surface area contributed by atoms with Gasteiger partial charge in [0.25, 0.3) is 0 Å². The van der Waals surface area contributed by atoms with Gasteiger partial charge in [-0.3, -0.25) is 0 Å². The van der Waals surface area contributed by atoms with Crippen molar-refractivity contribution in [1.29, 1.82) is 0 Å². The zero-order chi connectivity index (χ0) is 34.0. The van der Waals surface area contributed by atoms with Gasteiger partial charge in [-0.15, -0.1) is 12.0 Å². The molecule has 0 aliphatic carbocycles. The topological polar surface area (TPSA) is 99.7 Å². The number of nitrogens with zero attached hydrogens (tertiary/aromatic N) is 4. The summed E-state index contributed by atoms with van der Waals surface area (Å²) in [5.74, 6) is 7.19. The molecule has 0 saturated carbocycles. The van der Waals surface area contributed by atoms with Gasteiger partial charge in [-0.05, 0) is 49.2 Å². The fourth-order valence-corrected chi connectivity index (χ4v) is 3.99. The van der Waals surface area contributed by atoms with E-state index in [1.165, 1.54) is 24.3 Å². The van der Waals surface area contributed by atoms with Crippen molar-refractivity contribution in [3.8, 4) is 23.8 Å². The van der Waals surface area contributed by atoms with Crippen LogP contribution in [0.5, 0.6) is 0 Å². The summed E-state index contributed by atoms with van der Waals surface area (Å²) < 4.78 is 26.4. The van der Waals surface area contributed by atoms with Gasteiger partial charge in [0.05, 0.1) is 23.5 Å². The number of terminal acetylenes is 1. The minimum absolute atomic E-state index is 0. The van der Waals surface area contributed by atoms with Gasteiger partial charge in [0.1, 0.15) is 31.3 Å². The summed E-state index contributed by atoms with van der Waals surface area (Å²) in [4.78, 5) is 17.2. The molecule has 4 rings (SSSR count). The van der Waals surface area contributed by atoms with Crippen molar-refractivity contribution in [2.75, 3.05) is 34.4 Å². The molecule has 8 nitrogen and oxygen atoms in total. The highest BCUT2D eigenvalue weighted by Gasteiger charge is 2.10. The zero-order valence-corrected chi connectivity index (χ0v) is 30.7. The van der Waals surface area contributed by atoms with Crippen LogP contribution in [-0.2, 0) is 22.4 Å². The molecule has 0 saturated heterocycles. The monoisotopic (exact) mass is 710 g/mol. The summed E-state index contributed by atoms with van der Waals surface area (Å²) in [6.45, 7) is 12.3. The van der Waals surface area contributed by atoms with Crippen LogP contribution in [0.1, 0.15) is 37.8 Å². The Morgan fingerprint density at radius 2 is 1.21 bits per heavy atom. The zero-order valence-electron chi connectivity index (χ0n) is 27.0. The highest BCUT2D eigenvalue weighted by Crippen LogP contribution is 2.19. The minimum atomic E-state index is -1.48. The Morgan fingerprint density at radius 3 is 1.62 bits per heavy atom. The van der Waals surface area contributed by atoms with Gasteiger partial charge in [0.2, 0.25) is 11.9 Å². The summed E-state index contributed by atoms with van der Waals surface area (Å²) in [7, 11) is -1.48. The van der Waals surface area contributed by atoms with Crippen LogP contribution in [0.15, 0.2) is 60.9 Å². The third-order valence-corrected chi connectivity index (χ3v) is 6.43. The average molecular weight is 711 g/mol. The van der Waals surface area contributed by atoms with E-state index in [0.717, 1.165) is 31.5 Å². The molecule has 248 valence electrons. The van der Waals surface area contributed by atoms with E-state index in [0.29, 0.717) is 40.5 Å². The van der Waals surface area contributed by atoms with E-state index in [1.807, 2.05) is 0 Å². The van der Waals surface area contributed by atoms with Crippen molar-refractivity contribution in [2.24, 2.45) is 0 Å². The Kier molecular flexibility index (Phi) is 18.7. The van der Waals surface area contributed by atoms with Crippen LogP contribution in [-0.4, -0.2) is 41.1 Å². The predicted molar refractivity (Wildman–Crippen MR) is 204 cm³/mol. The molecule has 2 aromatic carbocycles. The third-order valence-electron chi connectivity index (χ3n) is 5.55. The minimum Gasteiger partial charge on any atom is -0.369 e. The number of anilines is 6. The van der Waals surface area contributed by atoms with Gasteiger partial charge < -0.3 is 21.3 Å². The van der Waals surface area contributed by atoms with Crippen molar-refractivity contribution in [3.63, 3.8) is 0 Å². The van der Waals surface area contributed by atoms with Gasteiger partial charge in [0.15, 0.2) is 0 Å². The lowest BCUT2D eigenvalue weighted by Crippen LogP contribution is -2.16. The number of nitrogens with one attached hydrogen (secondary N) is 4. The SMILES string of the molecule is C#Cc1cnc(Nc2cccc(F)c2)nc1NCCC.CCCNc1nc(Nc2cccc(F)c2)ncc1C#C[Si](C)(C)C.S.S=S. The molecule has 0 bridgehead atoms. The van der Waals surface area contributed by atoms with Crippen LogP contribution < -0.4 is 21.3 Å². The fourth-order valence-electron chi connectivity index (χ4n) is 3.48. The molecule has 2 heterocycles. The van der Waals surface area contributed by atoms with Crippen LogP contribution in [0, 0.1) is 35.4 Å². The third kappa shape index (κ3) is 15.3. The Bertz CT molecular complexity index is 1670. The van der Waals surface area contributed by atoms with E-state index in [4.69, 9.17) is 6.42 Å². The molecule has 0 radical (unpaired) electrons. The number of hydrogen-bond acceptors (Lipinski definition) is 10. The second-order valence-corrected chi connectivity index (χ2v) is 15.4. The van der Waals surface area contributed by atoms with E-state index in [-0.39, 0.29) is 25.1 Å². The Balaban J connectivity index is 0.000000443. The molecule has 47 heavy (non-hydrogen) atoms. The van der Waals surface area contributed by atoms with Gasteiger partial charge in [-0.1, -0.05) is 57.5 Å². The van der Waals surface area contributed by atoms with Gasteiger partial charge in [0, 0.05) is 46.8 Å². The van der Waals surface area contributed by atoms with Crippen LogP contribution >= 0.6 is 13.5 Å². The molecule has 4 N–H and O–H groups in total. The molecule has 0 fully saturated rings. The number of benzene rings is 2. The maximum atomic E-state index is 13.3. The van der Waals surface area contributed by atoms with E-state index >= 15 is 0 Å². The summed E-state index contributed by atoms with van der Waals surface area (Å²) >= 11 is 7.33. The van der Waals surface area contributed by atoms with Crippen LogP contribution in [0.4, 0.5) is 43.7 Å². The maximum absolute atomic E-state index is 13.3. The summed E-state index contributed by atoms with van der Waals surface area (Å²) in [6.07, 6.45) is 10.6. The predicted octanol–water partition coefficient (Wildman–Crippen LogP) is 7.68. The van der Waals surface area contributed by atoms with Crippen molar-refractivity contribution >= 4 is 78.9 Å². The maximum Gasteiger partial charge on any atom is 0.229 e. The number of aromatic nitrogens is 4. The number of rotatable bonds is 10. The highest BCUT2D eigenvalue weighted by molar-refractivity contribution is 8.07. The summed E-state index contributed by atoms with van der Waals surface area (Å²) in [6, 6.07) is 12.3.